The van der Waals surface area contributed by atoms with Gasteiger partial charge in [-0.15, -0.1) is 0 Å². The number of carbonyl (C=O) groups excluding carboxylic acids is 2. The van der Waals surface area contributed by atoms with Crippen LogP contribution in [0.4, 0.5) is 0 Å². The summed E-state index contributed by atoms with van der Waals surface area (Å²) in [6.07, 6.45) is 8.58. The maximum atomic E-state index is 12.6. The van der Waals surface area contributed by atoms with Crippen LogP contribution in [0, 0.1) is 5.92 Å². The molecule has 1 saturated heterocycles. The maximum absolute atomic E-state index is 12.6. The summed E-state index contributed by atoms with van der Waals surface area (Å²) in [6.45, 7) is 4.92. The van der Waals surface area contributed by atoms with Gasteiger partial charge < -0.3 is 10.2 Å². The van der Waals surface area contributed by atoms with E-state index in [9.17, 15) is 9.59 Å². The van der Waals surface area contributed by atoms with Crippen molar-refractivity contribution in [3.05, 3.63) is 0 Å². The SMILES string of the molecule is CCCCCCC(C)N1CCC(=O)NC(C2CC2)C1=O. The zero-order valence-electron chi connectivity index (χ0n) is 12.9. The Balaban J connectivity index is 1.90. The molecule has 1 heterocycles. The lowest BCUT2D eigenvalue weighted by atomic mass is 10.1. The topological polar surface area (TPSA) is 49.4 Å². The first-order valence-corrected chi connectivity index (χ1v) is 8.23. The number of amides is 2. The molecule has 1 aliphatic heterocycles. The van der Waals surface area contributed by atoms with Crippen LogP contribution in [0.25, 0.3) is 0 Å². The molecule has 2 unspecified atom stereocenters. The van der Waals surface area contributed by atoms with Crippen LogP contribution in [-0.2, 0) is 9.59 Å². The predicted octanol–water partition coefficient (Wildman–Crippen LogP) is 2.47. The molecule has 0 aromatic heterocycles. The molecule has 2 atom stereocenters. The van der Waals surface area contributed by atoms with Crippen LogP contribution in [-0.4, -0.2) is 35.3 Å². The molecule has 2 fully saturated rings. The van der Waals surface area contributed by atoms with Gasteiger partial charge in [-0.3, -0.25) is 9.59 Å². The van der Waals surface area contributed by atoms with E-state index in [0.29, 0.717) is 18.9 Å². The molecule has 1 saturated carbocycles. The number of hydrogen-bond acceptors (Lipinski definition) is 2. The first-order valence-electron chi connectivity index (χ1n) is 8.23. The van der Waals surface area contributed by atoms with Crippen LogP contribution in [0.5, 0.6) is 0 Å². The molecule has 2 amide bonds. The molecule has 4 nitrogen and oxygen atoms in total. The molecule has 2 rings (SSSR count). The van der Waals surface area contributed by atoms with E-state index in [2.05, 4.69) is 19.2 Å². The molecular formula is C16H28N2O2. The zero-order valence-corrected chi connectivity index (χ0v) is 12.9. The van der Waals surface area contributed by atoms with E-state index < -0.39 is 0 Å². The highest BCUT2D eigenvalue weighted by Gasteiger charge is 2.41. The van der Waals surface area contributed by atoms with E-state index in [1.54, 1.807) is 0 Å². The van der Waals surface area contributed by atoms with Gasteiger partial charge in [-0.2, -0.15) is 0 Å². The summed E-state index contributed by atoms with van der Waals surface area (Å²) in [5, 5.41) is 2.92. The Morgan fingerprint density at radius 2 is 2.00 bits per heavy atom. The molecule has 2 aliphatic rings. The molecule has 114 valence electrons. The van der Waals surface area contributed by atoms with E-state index in [1.165, 1.54) is 25.7 Å². The molecule has 0 bridgehead atoms. The Morgan fingerprint density at radius 1 is 1.25 bits per heavy atom. The molecule has 1 aliphatic carbocycles. The maximum Gasteiger partial charge on any atom is 0.245 e. The minimum Gasteiger partial charge on any atom is -0.344 e. The largest absolute Gasteiger partial charge is 0.344 e. The lowest BCUT2D eigenvalue weighted by Gasteiger charge is -2.30. The fraction of sp³-hybridized carbons (Fsp3) is 0.875. The lowest BCUT2D eigenvalue weighted by Crippen LogP contribution is -2.48. The molecule has 0 aromatic carbocycles. The van der Waals surface area contributed by atoms with E-state index in [1.807, 2.05) is 4.90 Å². The number of nitrogens with zero attached hydrogens (tertiary/aromatic N) is 1. The average Bonchev–Trinajstić information content (AvgIpc) is 3.24. The summed E-state index contributed by atoms with van der Waals surface area (Å²) in [6, 6.07) is 0.0106. The number of hydrogen-bond donors (Lipinski definition) is 1. The Kier molecular flexibility index (Phi) is 5.44. The first kappa shape index (κ1) is 15.3. The first-order chi connectivity index (χ1) is 9.63. The van der Waals surface area contributed by atoms with Gasteiger partial charge in [0.25, 0.3) is 0 Å². The van der Waals surface area contributed by atoms with Crippen molar-refractivity contribution in [3.8, 4) is 0 Å². The van der Waals surface area contributed by atoms with Gasteiger partial charge in [0.2, 0.25) is 11.8 Å². The molecule has 0 spiro atoms. The Labute approximate surface area is 122 Å². The van der Waals surface area contributed by atoms with Crippen molar-refractivity contribution in [2.45, 2.75) is 77.3 Å². The number of nitrogens with one attached hydrogen (secondary N) is 1. The third-order valence-electron chi connectivity index (χ3n) is 4.55. The van der Waals surface area contributed by atoms with E-state index in [-0.39, 0.29) is 23.9 Å². The van der Waals surface area contributed by atoms with Crippen molar-refractivity contribution in [1.82, 2.24) is 10.2 Å². The third kappa shape index (κ3) is 3.97. The van der Waals surface area contributed by atoms with Crippen molar-refractivity contribution >= 4 is 11.8 Å². The second-order valence-corrected chi connectivity index (χ2v) is 6.36. The van der Waals surface area contributed by atoms with Crippen molar-refractivity contribution < 1.29 is 9.59 Å². The number of unbranched alkanes of at least 4 members (excludes halogenated alkanes) is 3. The lowest BCUT2D eigenvalue weighted by molar-refractivity contribution is -0.136. The average molecular weight is 280 g/mol. The van der Waals surface area contributed by atoms with Crippen molar-refractivity contribution in [1.29, 1.82) is 0 Å². The van der Waals surface area contributed by atoms with E-state index >= 15 is 0 Å². The zero-order chi connectivity index (χ0) is 14.5. The summed E-state index contributed by atoms with van der Waals surface area (Å²) in [7, 11) is 0. The molecule has 0 radical (unpaired) electrons. The Bertz CT molecular complexity index is 352. The highest BCUT2D eigenvalue weighted by atomic mass is 16.2. The summed E-state index contributed by atoms with van der Waals surface area (Å²) in [5.41, 5.74) is 0. The minimum absolute atomic E-state index is 0.0379. The Hall–Kier alpha value is -1.06. The second kappa shape index (κ2) is 7.09. The molecule has 1 N–H and O–H groups in total. The molecule has 4 heteroatoms. The van der Waals surface area contributed by atoms with E-state index in [4.69, 9.17) is 0 Å². The quantitative estimate of drug-likeness (QED) is 0.728. The van der Waals surface area contributed by atoms with Gasteiger partial charge in [0.1, 0.15) is 6.04 Å². The molecular weight excluding hydrogens is 252 g/mol. The van der Waals surface area contributed by atoms with Gasteiger partial charge in [-0.25, -0.2) is 0 Å². The van der Waals surface area contributed by atoms with Crippen molar-refractivity contribution in [2.24, 2.45) is 5.92 Å². The van der Waals surface area contributed by atoms with Crippen LogP contribution >= 0.6 is 0 Å². The van der Waals surface area contributed by atoms with Gasteiger partial charge >= 0.3 is 0 Å². The monoisotopic (exact) mass is 280 g/mol. The van der Waals surface area contributed by atoms with Crippen LogP contribution in [0.3, 0.4) is 0 Å². The predicted molar refractivity (Wildman–Crippen MR) is 79.2 cm³/mol. The van der Waals surface area contributed by atoms with Crippen molar-refractivity contribution in [3.63, 3.8) is 0 Å². The molecule has 0 aromatic rings. The summed E-state index contributed by atoms with van der Waals surface area (Å²) in [5.74, 6) is 0.580. The van der Waals surface area contributed by atoms with Crippen LogP contribution in [0.15, 0.2) is 0 Å². The Morgan fingerprint density at radius 3 is 2.65 bits per heavy atom. The standard InChI is InChI=1S/C16H28N2O2/c1-3-4-5-6-7-12(2)18-11-10-14(19)17-15(16(18)20)13-8-9-13/h12-13,15H,3-11H2,1-2H3,(H,17,19). The van der Waals surface area contributed by atoms with Crippen LogP contribution < -0.4 is 5.32 Å². The normalized spacial score (nSPS) is 25.3. The van der Waals surface area contributed by atoms with Gasteiger partial charge in [0.05, 0.1) is 0 Å². The van der Waals surface area contributed by atoms with Crippen molar-refractivity contribution in [2.75, 3.05) is 6.54 Å². The van der Waals surface area contributed by atoms with Gasteiger partial charge in [0, 0.05) is 19.0 Å². The molecule has 20 heavy (non-hydrogen) atoms. The fourth-order valence-corrected chi connectivity index (χ4v) is 3.03. The van der Waals surface area contributed by atoms with Gasteiger partial charge in [-0.05, 0) is 32.1 Å². The van der Waals surface area contributed by atoms with Crippen LogP contribution in [0.2, 0.25) is 0 Å². The number of carbonyl (C=O) groups is 2. The smallest absolute Gasteiger partial charge is 0.245 e. The fourth-order valence-electron chi connectivity index (χ4n) is 3.03. The van der Waals surface area contributed by atoms with Gasteiger partial charge in [-0.1, -0.05) is 32.6 Å². The highest BCUT2D eigenvalue weighted by molar-refractivity contribution is 5.90. The summed E-state index contributed by atoms with van der Waals surface area (Å²) in [4.78, 5) is 26.3. The van der Waals surface area contributed by atoms with Gasteiger partial charge in [0.15, 0.2) is 0 Å². The summed E-state index contributed by atoms with van der Waals surface area (Å²) < 4.78 is 0. The van der Waals surface area contributed by atoms with E-state index in [0.717, 1.165) is 19.3 Å². The second-order valence-electron chi connectivity index (χ2n) is 6.36. The summed E-state index contributed by atoms with van der Waals surface area (Å²) >= 11 is 0. The third-order valence-corrected chi connectivity index (χ3v) is 4.55. The number of rotatable bonds is 7. The highest BCUT2D eigenvalue weighted by Crippen LogP contribution is 2.34. The van der Waals surface area contributed by atoms with Crippen LogP contribution in [0.1, 0.15) is 65.2 Å². The minimum atomic E-state index is -0.247.